The average Bonchev–Trinajstić information content (AvgIpc) is 3.03. The van der Waals surface area contributed by atoms with Crippen LogP contribution < -0.4 is 5.32 Å². The van der Waals surface area contributed by atoms with Crippen molar-refractivity contribution in [3.8, 4) is 0 Å². The van der Waals surface area contributed by atoms with Crippen molar-refractivity contribution >= 4 is 22.5 Å². The van der Waals surface area contributed by atoms with E-state index in [-0.39, 0.29) is 5.97 Å². The Morgan fingerprint density at radius 3 is 3.00 bits per heavy atom. The molecule has 1 heterocycles. The first-order valence-electron chi connectivity index (χ1n) is 6.09. The lowest BCUT2D eigenvalue weighted by atomic mass is 10.2. The summed E-state index contributed by atoms with van der Waals surface area (Å²) in [5, 5.41) is 4.15. The molecule has 17 heavy (non-hydrogen) atoms. The SMILES string of the molecule is CCOC(=O)c1c(C)nsc1NCCC1CC1. The monoisotopic (exact) mass is 254 g/mol. The number of carbonyl (C=O) groups is 1. The first-order valence-corrected chi connectivity index (χ1v) is 6.87. The summed E-state index contributed by atoms with van der Waals surface area (Å²) < 4.78 is 9.25. The summed E-state index contributed by atoms with van der Waals surface area (Å²) >= 11 is 1.34. The zero-order valence-electron chi connectivity index (χ0n) is 10.3. The third-order valence-electron chi connectivity index (χ3n) is 2.88. The maximum Gasteiger partial charge on any atom is 0.343 e. The number of carbonyl (C=O) groups excluding carboxylic acids is 1. The van der Waals surface area contributed by atoms with E-state index in [0.717, 1.165) is 23.2 Å². The van der Waals surface area contributed by atoms with Crippen LogP contribution in [0.15, 0.2) is 0 Å². The maximum absolute atomic E-state index is 11.8. The minimum atomic E-state index is -0.271. The highest BCUT2D eigenvalue weighted by Crippen LogP contribution is 2.33. The second-order valence-electron chi connectivity index (χ2n) is 4.35. The lowest BCUT2D eigenvalue weighted by Gasteiger charge is -2.06. The molecule has 0 unspecified atom stereocenters. The Morgan fingerprint density at radius 2 is 2.35 bits per heavy atom. The summed E-state index contributed by atoms with van der Waals surface area (Å²) in [4.78, 5) is 11.8. The van der Waals surface area contributed by atoms with Crippen LogP contribution in [0.5, 0.6) is 0 Å². The first-order chi connectivity index (χ1) is 8.22. The number of nitrogens with zero attached hydrogens (tertiary/aromatic N) is 1. The maximum atomic E-state index is 11.8. The first kappa shape index (κ1) is 12.4. The fraction of sp³-hybridized carbons (Fsp3) is 0.667. The zero-order valence-corrected chi connectivity index (χ0v) is 11.1. The summed E-state index contributed by atoms with van der Waals surface area (Å²) in [7, 11) is 0. The van der Waals surface area contributed by atoms with E-state index in [1.54, 1.807) is 0 Å². The predicted octanol–water partition coefficient (Wildman–Crippen LogP) is 2.84. The molecular weight excluding hydrogens is 236 g/mol. The van der Waals surface area contributed by atoms with Crippen molar-refractivity contribution in [2.75, 3.05) is 18.5 Å². The Hall–Kier alpha value is -1.10. The number of ether oxygens (including phenoxy) is 1. The lowest BCUT2D eigenvalue weighted by Crippen LogP contribution is -2.10. The molecule has 2 rings (SSSR count). The second-order valence-corrected chi connectivity index (χ2v) is 5.12. The van der Waals surface area contributed by atoms with Crippen molar-refractivity contribution in [1.82, 2.24) is 4.37 Å². The van der Waals surface area contributed by atoms with Crippen molar-refractivity contribution in [2.24, 2.45) is 5.92 Å². The Kier molecular flexibility index (Phi) is 3.99. The van der Waals surface area contributed by atoms with Crippen LogP contribution in [0.3, 0.4) is 0 Å². The van der Waals surface area contributed by atoms with Crippen molar-refractivity contribution in [1.29, 1.82) is 0 Å². The molecule has 1 aromatic rings. The van der Waals surface area contributed by atoms with Crippen molar-refractivity contribution in [2.45, 2.75) is 33.1 Å². The third kappa shape index (κ3) is 3.19. The van der Waals surface area contributed by atoms with E-state index in [0.29, 0.717) is 12.2 Å². The zero-order chi connectivity index (χ0) is 12.3. The standard InChI is InChI=1S/C12H18N2O2S/c1-3-16-12(15)10-8(2)14-17-11(10)13-7-6-9-4-5-9/h9,13H,3-7H2,1-2H3. The predicted molar refractivity (Wildman–Crippen MR) is 68.6 cm³/mol. The summed E-state index contributed by atoms with van der Waals surface area (Å²) in [5.41, 5.74) is 1.36. The number of anilines is 1. The molecule has 1 aliphatic carbocycles. The van der Waals surface area contributed by atoms with Gasteiger partial charge < -0.3 is 10.1 Å². The molecule has 0 amide bonds. The highest BCUT2D eigenvalue weighted by Gasteiger charge is 2.22. The van der Waals surface area contributed by atoms with Crippen LogP contribution >= 0.6 is 11.5 Å². The molecule has 5 heteroatoms. The second kappa shape index (κ2) is 5.49. The molecule has 0 spiro atoms. The number of hydrogen-bond donors (Lipinski definition) is 1. The van der Waals surface area contributed by atoms with Crippen LogP contribution in [0.4, 0.5) is 5.00 Å². The third-order valence-corrected chi connectivity index (χ3v) is 3.77. The molecule has 0 atom stereocenters. The highest BCUT2D eigenvalue weighted by molar-refractivity contribution is 7.10. The Balaban J connectivity index is 1.97. The van der Waals surface area contributed by atoms with Crippen LogP contribution in [0.1, 0.15) is 42.2 Å². The van der Waals surface area contributed by atoms with Crippen LogP contribution in [0.2, 0.25) is 0 Å². The van der Waals surface area contributed by atoms with E-state index < -0.39 is 0 Å². The topological polar surface area (TPSA) is 51.2 Å². The minimum absolute atomic E-state index is 0.271. The molecular formula is C12H18N2O2S. The summed E-state index contributed by atoms with van der Waals surface area (Å²) in [6.07, 6.45) is 3.89. The molecule has 1 saturated carbocycles. The van der Waals surface area contributed by atoms with Gasteiger partial charge in [-0.3, -0.25) is 0 Å². The summed E-state index contributed by atoms with van der Waals surface area (Å²) in [6, 6.07) is 0. The number of nitrogens with one attached hydrogen (secondary N) is 1. The van der Waals surface area contributed by atoms with Gasteiger partial charge in [0.2, 0.25) is 0 Å². The van der Waals surface area contributed by atoms with E-state index in [9.17, 15) is 4.79 Å². The van der Waals surface area contributed by atoms with E-state index >= 15 is 0 Å². The quantitative estimate of drug-likeness (QED) is 0.793. The normalized spacial score (nSPS) is 14.7. The largest absolute Gasteiger partial charge is 0.462 e. The number of rotatable bonds is 6. The van der Waals surface area contributed by atoms with Gasteiger partial charge in [0.05, 0.1) is 12.3 Å². The Bertz CT molecular complexity index is 399. The molecule has 1 N–H and O–H groups in total. The smallest absolute Gasteiger partial charge is 0.343 e. The summed E-state index contributed by atoms with van der Waals surface area (Å²) in [5.74, 6) is 0.621. The number of aryl methyl sites for hydroxylation is 1. The molecule has 4 nitrogen and oxygen atoms in total. The molecule has 1 aliphatic rings. The van der Waals surface area contributed by atoms with Crippen LogP contribution in [-0.2, 0) is 4.74 Å². The van der Waals surface area contributed by atoms with Gasteiger partial charge in [0.1, 0.15) is 10.6 Å². The van der Waals surface area contributed by atoms with Crippen molar-refractivity contribution in [3.63, 3.8) is 0 Å². The van der Waals surface area contributed by atoms with Gasteiger partial charge in [-0.15, -0.1) is 0 Å². The highest BCUT2D eigenvalue weighted by atomic mass is 32.1. The minimum Gasteiger partial charge on any atom is -0.462 e. The van der Waals surface area contributed by atoms with Crippen LogP contribution in [0.25, 0.3) is 0 Å². The lowest BCUT2D eigenvalue weighted by molar-refractivity contribution is 0.0527. The summed E-state index contributed by atoms with van der Waals surface area (Å²) in [6.45, 7) is 4.97. The van der Waals surface area contributed by atoms with Gasteiger partial charge in [0, 0.05) is 6.54 Å². The Labute approximate surface area is 106 Å². The molecule has 0 radical (unpaired) electrons. The molecule has 0 aliphatic heterocycles. The van der Waals surface area contributed by atoms with E-state index in [4.69, 9.17) is 4.74 Å². The van der Waals surface area contributed by atoms with E-state index in [1.165, 1.54) is 30.8 Å². The van der Waals surface area contributed by atoms with Gasteiger partial charge in [-0.05, 0) is 37.7 Å². The number of hydrogen-bond acceptors (Lipinski definition) is 5. The van der Waals surface area contributed by atoms with Gasteiger partial charge in [-0.25, -0.2) is 4.79 Å². The van der Waals surface area contributed by atoms with E-state index in [1.807, 2.05) is 13.8 Å². The fourth-order valence-electron chi connectivity index (χ4n) is 1.73. The molecule has 0 bridgehead atoms. The van der Waals surface area contributed by atoms with Gasteiger partial charge in [-0.1, -0.05) is 12.8 Å². The van der Waals surface area contributed by atoms with Crippen molar-refractivity contribution < 1.29 is 9.53 Å². The average molecular weight is 254 g/mol. The van der Waals surface area contributed by atoms with Crippen molar-refractivity contribution in [3.05, 3.63) is 11.3 Å². The van der Waals surface area contributed by atoms with Crippen LogP contribution in [0, 0.1) is 12.8 Å². The number of esters is 1. The van der Waals surface area contributed by atoms with Crippen LogP contribution in [-0.4, -0.2) is 23.5 Å². The van der Waals surface area contributed by atoms with E-state index in [2.05, 4.69) is 9.69 Å². The fourth-order valence-corrected chi connectivity index (χ4v) is 2.54. The molecule has 94 valence electrons. The number of aromatic nitrogens is 1. The molecule has 1 aromatic heterocycles. The van der Waals surface area contributed by atoms with Gasteiger partial charge in [-0.2, -0.15) is 4.37 Å². The van der Waals surface area contributed by atoms with Gasteiger partial charge in [0.15, 0.2) is 0 Å². The van der Waals surface area contributed by atoms with Gasteiger partial charge >= 0.3 is 5.97 Å². The molecule has 0 saturated heterocycles. The Morgan fingerprint density at radius 1 is 1.59 bits per heavy atom. The molecule has 0 aromatic carbocycles. The van der Waals surface area contributed by atoms with Gasteiger partial charge in [0.25, 0.3) is 0 Å². The molecule has 1 fully saturated rings.